The highest BCUT2D eigenvalue weighted by atomic mass is 127. The second kappa shape index (κ2) is 13.4. The van der Waals surface area contributed by atoms with Gasteiger partial charge in [0.2, 0.25) is 11.8 Å². The molecular formula is C21H34IN5O2. The summed E-state index contributed by atoms with van der Waals surface area (Å²) in [5.74, 6) is 1.51. The Hall–Kier alpha value is -1.84. The summed E-state index contributed by atoms with van der Waals surface area (Å²) < 4.78 is 0. The zero-order valence-electron chi connectivity index (χ0n) is 17.7. The highest BCUT2D eigenvalue weighted by Crippen LogP contribution is 2.20. The van der Waals surface area contributed by atoms with Crippen LogP contribution in [-0.4, -0.2) is 49.9 Å². The molecule has 162 valence electrons. The molecular weight excluding hydrogens is 481 g/mol. The second-order valence-corrected chi connectivity index (χ2v) is 7.20. The molecule has 0 aliphatic carbocycles. The maximum Gasteiger partial charge on any atom is 0.224 e. The number of nitrogens with one attached hydrogen (secondary N) is 3. The fraction of sp³-hybridized carbons (Fsp3) is 0.571. The number of aliphatic imine (C=N–C) groups is 1. The fourth-order valence-corrected chi connectivity index (χ4v) is 3.38. The molecule has 1 aromatic carbocycles. The van der Waals surface area contributed by atoms with Crippen molar-refractivity contribution in [2.75, 3.05) is 32.5 Å². The predicted molar refractivity (Wildman–Crippen MR) is 129 cm³/mol. The molecule has 1 aliphatic rings. The maximum absolute atomic E-state index is 11.7. The number of nitrogens with zero attached hydrogens (tertiary/aromatic N) is 2. The predicted octanol–water partition coefficient (Wildman–Crippen LogP) is 2.97. The summed E-state index contributed by atoms with van der Waals surface area (Å²) in [4.78, 5) is 29.9. The first-order valence-corrected chi connectivity index (χ1v) is 10.1. The molecule has 0 radical (unpaired) electrons. The molecule has 8 heteroatoms. The summed E-state index contributed by atoms with van der Waals surface area (Å²) >= 11 is 0. The molecule has 0 atom stereocenters. The molecule has 3 N–H and O–H groups in total. The van der Waals surface area contributed by atoms with Crippen LogP contribution < -0.4 is 16.0 Å². The average molecular weight is 515 g/mol. The van der Waals surface area contributed by atoms with Crippen LogP contribution in [0.2, 0.25) is 0 Å². The van der Waals surface area contributed by atoms with E-state index in [0.717, 1.165) is 49.6 Å². The molecule has 29 heavy (non-hydrogen) atoms. The van der Waals surface area contributed by atoms with Crippen molar-refractivity contribution in [1.29, 1.82) is 0 Å². The van der Waals surface area contributed by atoms with Gasteiger partial charge in [0, 0.05) is 52.3 Å². The lowest BCUT2D eigenvalue weighted by Crippen LogP contribution is -2.45. The van der Waals surface area contributed by atoms with Gasteiger partial charge in [-0.25, -0.2) is 0 Å². The topological polar surface area (TPSA) is 85.8 Å². The number of hydrogen-bond donors (Lipinski definition) is 3. The van der Waals surface area contributed by atoms with Crippen LogP contribution in [-0.2, 0) is 16.1 Å². The van der Waals surface area contributed by atoms with Gasteiger partial charge in [0.25, 0.3) is 0 Å². The van der Waals surface area contributed by atoms with Crippen LogP contribution in [0.5, 0.6) is 0 Å². The van der Waals surface area contributed by atoms with Gasteiger partial charge < -0.3 is 20.9 Å². The number of piperidine rings is 1. The van der Waals surface area contributed by atoms with E-state index < -0.39 is 0 Å². The molecule has 1 saturated heterocycles. The van der Waals surface area contributed by atoms with Crippen molar-refractivity contribution in [1.82, 2.24) is 15.5 Å². The normalized spacial score (nSPS) is 14.7. The molecule has 0 saturated carbocycles. The molecule has 0 aromatic heterocycles. The Balaban J connectivity index is 0.00000420. The minimum Gasteiger partial charge on any atom is -0.359 e. The van der Waals surface area contributed by atoms with Crippen LogP contribution >= 0.6 is 24.0 Å². The number of guanidine groups is 1. The van der Waals surface area contributed by atoms with Crippen LogP contribution in [0.4, 0.5) is 5.69 Å². The summed E-state index contributed by atoms with van der Waals surface area (Å²) in [6, 6.07) is 7.88. The first-order chi connectivity index (χ1) is 13.5. The van der Waals surface area contributed by atoms with Gasteiger partial charge in [-0.15, -0.1) is 24.0 Å². The van der Waals surface area contributed by atoms with Crippen LogP contribution in [0.15, 0.2) is 29.3 Å². The molecule has 0 spiro atoms. The van der Waals surface area contributed by atoms with E-state index in [1.807, 2.05) is 31.2 Å². The van der Waals surface area contributed by atoms with Gasteiger partial charge in [0.1, 0.15) is 0 Å². The minimum absolute atomic E-state index is 0. The van der Waals surface area contributed by atoms with Crippen molar-refractivity contribution < 1.29 is 9.59 Å². The van der Waals surface area contributed by atoms with Crippen molar-refractivity contribution in [2.45, 2.75) is 45.6 Å². The van der Waals surface area contributed by atoms with Gasteiger partial charge in [0.05, 0.1) is 0 Å². The Morgan fingerprint density at radius 1 is 1.14 bits per heavy atom. The summed E-state index contributed by atoms with van der Waals surface area (Å²) in [7, 11) is 3.49. The Labute approximate surface area is 191 Å². The third-order valence-corrected chi connectivity index (χ3v) is 5.04. The summed E-state index contributed by atoms with van der Waals surface area (Å²) in [5, 5.41) is 9.02. The Morgan fingerprint density at radius 3 is 2.34 bits per heavy atom. The lowest BCUT2D eigenvalue weighted by molar-refractivity contribution is -0.121. The number of carbonyl (C=O) groups excluding carboxylic acids is 2. The number of hydrogen-bond acceptors (Lipinski definition) is 3. The van der Waals surface area contributed by atoms with E-state index >= 15 is 0 Å². The zero-order chi connectivity index (χ0) is 20.4. The number of anilines is 1. The first kappa shape index (κ1) is 25.2. The van der Waals surface area contributed by atoms with E-state index in [-0.39, 0.29) is 35.8 Å². The zero-order valence-corrected chi connectivity index (χ0v) is 20.0. The average Bonchev–Trinajstić information content (AvgIpc) is 2.71. The van der Waals surface area contributed by atoms with Crippen LogP contribution in [0.25, 0.3) is 0 Å². The molecule has 1 heterocycles. The van der Waals surface area contributed by atoms with Crippen molar-refractivity contribution in [3.05, 3.63) is 29.8 Å². The van der Waals surface area contributed by atoms with Gasteiger partial charge >= 0.3 is 0 Å². The lowest BCUT2D eigenvalue weighted by Gasteiger charge is -2.34. The third-order valence-electron chi connectivity index (χ3n) is 5.04. The second-order valence-electron chi connectivity index (χ2n) is 7.20. The molecule has 0 unspecified atom stereocenters. The van der Waals surface area contributed by atoms with Crippen molar-refractivity contribution in [3.63, 3.8) is 0 Å². The summed E-state index contributed by atoms with van der Waals surface area (Å²) in [6.07, 6.45) is 3.99. The monoisotopic (exact) mass is 515 g/mol. The molecule has 2 amide bonds. The molecule has 2 rings (SSSR count). The highest BCUT2D eigenvalue weighted by molar-refractivity contribution is 14.0. The van der Waals surface area contributed by atoms with Crippen LogP contribution in [0.1, 0.15) is 44.6 Å². The van der Waals surface area contributed by atoms with E-state index in [4.69, 9.17) is 0 Å². The van der Waals surface area contributed by atoms with Gasteiger partial charge in [-0.2, -0.15) is 0 Å². The molecule has 0 bridgehead atoms. The Kier molecular flexibility index (Phi) is 11.6. The smallest absolute Gasteiger partial charge is 0.224 e. The summed E-state index contributed by atoms with van der Waals surface area (Å²) in [5.41, 5.74) is 1.95. The first-order valence-electron chi connectivity index (χ1n) is 10.1. The number of rotatable bonds is 7. The number of halogens is 1. The van der Waals surface area contributed by atoms with Crippen LogP contribution in [0, 0.1) is 5.92 Å². The molecule has 1 aromatic rings. The van der Waals surface area contributed by atoms with E-state index in [1.54, 1.807) is 14.1 Å². The minimum atomic E-state index is 0. The van der Waals surface area contributed by atoms with Crippen molar-refractivity contribution >= 4 is 47.4 Å². The van der Waals surface area contributed by atoms with E-state index in [2.05, 4.69) is 25.8 Å². The Morgan fingerprint density at radius 2 is 1.79 bits per heavy atom. The van der Waals surface area contributed by atoms with Crippen molar-refractivity contribution in [2.24, 2.45) is 10.9 Å². The van der Waals surface area contributed by atoms with Crippen molar-refractivity contribution in [3.8, 4) is 0 Å². The SMILES string of the molecule is CCCC(=O)Nc1ccc(CNC(=NC)N2CCC(CC(=O)NC)CC2)cc1.I. The fourth-order valence-electron chi connectivity index (χ4n) is 3.38. The maximum atomic E-state index is 11.7. The van der Waals surface area contributed by atoms with Gasteiger partial charge in [-0.3, -0.25) is 14.6 Å². The highest BCUT2D eigenvalue weighted by Gasteiger charge is 2.22. The quantitative estimate of drug-likeness (QED) is 0.296. The van der Waals surface area contributed by atoms with Gasteiger partial charge in [-0.05, 0) is 42.9 Å². The van der Waals surface area contributed by atoms with Crippen LogP contribution in [0.3, 0.4) is 0 Å². The Bertz CT molecular complexity index is 670. The number of carbonyl (C=O) groups is 2. The third kappa shape index (κ3) is 8.59. The van der Waals surface area contributed by atoms with E-state index in [9.17, 15) is 9.59 Å². The molecule has 7 nitrogen and oxygen atoms in total. The molecule has 1 aliphatic heterocycles. The van der Waals surface area contributed by atoms with Gasteiger partial charge in [-0.1, -0.05) is 19.1 Å². The van der Waals surface area contributed by atoms with Gasteiger partial charge in [0.15, 0.2) is 5.96 Å². The van der Waals surface area contributed by atoms with E-state index in [0.29, 0.717) is 25.3 Å². The largest absolute Gasteiger partial charge is 0.359 e. The number of benzene rings is 1. The number of likely N-dealkylation sites (tertiary alicyclic amines) is 1. The summed E-state index contributed by atoms with van der Waals surface area (Å²) in [6.45, 7) is 4.48. The number of amides is 2. The van der Waals surface area contributed by atoms with E-state index in [1.165, 1.54) is 0 Å². The lowest BCUT2D eigenvalue weighted by atomic mass is 9.93. The standard InChI is InChI=1S/C21H33N5O2.HI/c1-4-5-19(27)25-18-8-6-17(7-9-18)15-24-21(23-3)26-12-10-16(11-13-26)14-20(28)22-2;/h6-9,16H,4-5,10-15H2,1-3H3,(H,22,28)(H,23,24)(H,25,27);1H. The molecule has 1 fully saturated rings.